The molecule has 4 rings (SSSR count). The Bertz CT molecular complexity index is 1010. The maximum atomic E-state index is 6.01. The minimum absolute atomic E-state index is 0.459. The van der Waals surface area contributed by atoms with Crippen LogP contribution in [0.2, 0.25) is 5.15 Å². The lowest BCUT2D eigenvalue weighted by atomic mass is 10.2. The number of halogens is 1. The summed E-state index contributed by atoms with van der Waals surface area (Å²) in [5.74, 6) is 2.86. The second-order valence-corrected chi connectivity index (χ2v) is 6.04. The van der Waals surface area contributed by atoms with Crippen LogP contribution in [0, 0.1) is 6.92 Å². The number of nitrogens with zero attached hydrogens (tertiary/aromatic N) is 4. The molecule has 5 nitrogen and oxygen atoms in total. The Morgan fingerprint density at radius 2 is 1.84 bits per heavy atom. The molecule has 1 aromatic carbocycles. The van der Waals surface area contributed by atoms with Gasteiger partial charge in [0, 0.05) is 11.8 Å². The predicted molar refractivity (Wildman–Crippen MR) is 96.2 cm³/mol. The summed E-state index contributed by atoms with van der Waals surface area (Å²) in [7, 11) is 0. The lowest BCUT2D eigenvalue weighted by Crippen LogP contribution is -2.04. The summed E-state index contributed by atoms with van der Waals surface area (Å²) in [5, 5.41) is 4.93. The molecular formula is C19H15ClN4O. The maximum absolute atomic E-state index is 6.01. The molecule has 0 aliphatic heterocycles. The molecule has 0 amide bonds. The zero-order valence-corrected chi connectivity index (χ0v) is 14.3. The lowest BCUT2D eigenvalue weighted by Gasteiger charge is -2.05. The van der Waals surface area contributed by atoms with Crippen LogP contribution in [0.4, 0.5) is 0 Å². The fourth-order valence-electron chi connectivity index (χ4n) is 2.68. The first kappa shape index (κ1) is 15.6. The number of benzene rings is 1. The molecule has 4 aromatic rings. The Hall–Kier alpha value is -2.92. The average Bonchev–Trinajstić information content (AvgIpc) is 3.22. The fraction of sp³-hybridized carbons (Fsp3) is 0.105. The van der Waals surface area contributed by atoms with Gasteiger partial charge in [0.25, 0.3) is 0 Å². The van der Waals surface area contributed by atoms with Crippen molar-refractivity contribution in [1.82, 2.24) is 19.7 Å². The third kappa shape index (κ3) is 3.32. The van der Waals surface area contributed by atoms with Crippen LogP contribution < -0.4 is 0 Å². The van der Waals surface area contributed by atoms with Crippen LogP contribution in [0.25, 0.3) is 22.9 Å². The van der Waals surface area contributed by atoms with E-state index in [0.29, 0.717) is 29.1 Å². The highest BCUT2D eigenvalue weighted by Crippen LogP contribution is 2.27. The Kier molecular flexibility index (Phi) is 4.07. The van der Waals surface area contributed by atoms with Gasteiger partial charge in [0.15, 0.2) is 11.6 Å². The highest BCUT2D eigenvalue weighted by molar-refractivity contribution is 6.29. The molecule has 0 unspecified atom stereocenters. The van der Waals surface area contributed by atoms with E-state index in [0.717, 1.165) is 16.9 Å². The van der Waals surface area contributed by atoms with Crippen LogP contribution >= 0.6 is 11.6 Å². The lowest BCUT2D eigenvalue weighted by molar-refractivity contribution is 0.578. The molecule has 0 bridgehead atoms. The number of pyridine rings is 1. The Morgan fingerprint density at radius 3 is 2.64 bits per heavy atom. The van der Waals surface area contributed by atoms with Crippen molar-refractivity contribution in [2.24, 2.45) is 0 Å². The van der Waals surface area contributed by atoms with E-state index < -0.39 is 0 Å². The van der Waals surface area contributed by atoms with Crippen LogP contribution in [0.1, 0.15) is 11.4 Å². The molecule has 25 heavy (non-hydrogen) atoms. The molecule has 3 heterocycles. The summed E-state index contributed by atoms with van der Waals surface area (Å²) in [6.07, 6.45) is 1.68. The van der Waals surface area contributed by atoms with Gasteiger partial charge in [-0.05, 0) is 36.8 Å². The monoisotopic (exact) mass is 350 g/mol. The van der Waals surface area contributed by atoms with E-state index >= 15 is 0 Å². The van der Waals surface area contributed by atoms with E-state index in [2.05, 4.69) is 15.1 Å². The van der Waals surface area contributed by atoms with Gasteiger partial charge >= 0.3 is 0 Å². The van der Waals surface area contributed by atoms with Crippen LogP contribution in [-0.4, -0.2) is 19.7 Å². The van der Waals surface area contributed by atoms with Crippen molar-refractivity contribution in [3.8, 4) is 22.9 Å². The third-order valence-electron chi connectivity index (χ3n) is 3.79. The topological polar surface area (TPSA) is 56.7 Å². The normalized spacial score (nSPS) is 11.0. The summed E-state index contributed by atoms with van der Waals surface area (Å²) in [4.78, 5) is 8.52. The van der Waals surface area contributed by atoms with Crippen LogP contribution in [0.15, 0.2) is 65.2 Å². The summed E-state index contributed by atoms with van der Waals surface area (Å²) < 4.78 is 7.82. The van der Waals surface area contributed by atoms with Crippen molar-refractivity contribution < 1.29 is 4.42 Å². The number of furan rings is 1. The maximum Gasteiger partial charge on any atom is 0.194 e. The van der Waals surface area contributed by atoms with E-state index in [1.807, 2.05) is 66.2 Å². The molecule has 0 spiro atoms. The highest BCUT2D eigenvalue weighted by atomic mass is 35.5. The summed E-state index contributed by atoms with van der Waals surface area (Å²) in [6.45, 7) is 2.40. The van der Waals surface area contributed by atoms with Crippen molar-refractivity contribution in [2.75, 3.05) is 0 Å². The number of rotatable bonds is 4. The standard InChI is InChI=1S/C19H15ClN4O/c1-13-22-19(24(23-13)12-14-9-10-21-18(20)11-14)17-8-7-16(25-17)15-5-3-2-4-6-15/h2-11H,12H2,1H3. The van der Waals surface area contributed by atoms with E-state index in [1.165, 1.54) is 0 Å². The van der Waals surface area contributed by atoms with Crippen molar-refractivity contribution >= 4 is 11.6 Å². The molecule has 0 N–H and O–H groups in total. The first-order valence-corrected chi connectivity index (χ1v) is 8.24. The largest absolute Gasteiger partial charge is 0.453 e. The number of hydrogen-bond acceptors (Lipinski definition) is 4. The highest BCUT2D eigenvalue weighted by Gasteiger charge is 2.15. The first-order valence-electron chi connectivity index (χ1n) is 7.86. The molecular weight excluding hydrogens is 336 g/mol. The van der Waals surface area contributed by atoms with Gasteiger partial charge in [0.05, 0.1) is 6.54 Å². The van der Waals surface area contributed by atoms with Gasteiger partial charge in [0.2, 0.25) is 0 Å². The van der Waals surface area contributed by atoms with Crippen LogP contribution in [0.3, 0.4) is 0 Å². The summed E-state index contributed by atoms with van der Waals surface area (Å²) >= 11 is 5.97. The van der Waals surface area contributed by atoms with Crippen molar-refractivity contribution in [1.29, 1.82) is 0 Å². The molecule has 6 heteroatoms. The zero-order chi connectivity index (χ0) is 17.2. The summed E-state index contributed by atoms with van der Waals surface area (Å²) in [5.41, 5.74) is 2.03. The fourth-order valence-corrected chi connectivity index (χ4v) is 2.87. The van der Waals surface area contributed by atoms with Gasteiger partial charge in [-0.1, -0.05) is 41.9 Å². The SMILES string of the molecule is Cc1nc(-c2ccc(-c3ccccc3)o2)n(Cc2ccnc(Cl)c2)n1. The third-order valence-corrected chi connectivity index (χ3v) is 3.99. The summed E-state index contributed by atoms with van der Waals surface area (Å²) in [6, 6.07) is 17.6. The first-order chi connectivity index (χ1) is 12.2. The minimum Gasteiger partial charge on any atom is -0.453 e. The second-order valence-electron chi connectivity index (χ2n) is 5.66. The minimum atomic E-state index is 0.459. The van der Waals surface area contributed by atoms with Gasteiger partial charge in [-0.2, -0.15) is 5.10 Å². The molecule has 3 aromatic heterocycles. The molecule has 0 saturated heterocycles. The van der Waals surface area contributed by atoms with Crippen LogP contribution in [0.5, 0.6) is 0 Å². The molecule has 0 atom stereocenters. The number of aryl methyl sites for hydroxylation is 1. The van der Waals surface area contributed by atoms with E-state index in [4.69, 9.17) is 16.0 Å². The van der Waals surface area contributed by atoms with Gasteiger partial charge in [-0.3, -0.25) is 0 Å². The van der Waals surface area contributed by atoms with Gasteiger partial charge in [-0.25, -0.2) is 14.6 Å². The van der Waals surface area contributed by atoms with Crippen molar-refractivity contribution in [3.05, 3.63) is 77.3 Å². The Labute approximate surface area is 149 Å². The van der Waals surface area contributed by atoms with Gasteiger partial charge in [-0.15, -0.1) is 0 Å². The molecule has 0 aliphatic carbocycles. The molecule has 0 fully saturated rings. The molecule has 0 radical (unpaired) electrons. The van der Waals surface area contributed by atoms with Gasteiger partial charge in [0.1, 0.15) is 16.7 Å². The van der Waals surface area contributed by atoms with E-state index in [1.54, 1.807) is 6.20 Å². The molecule has 124 valence electrons. The van der Waals surface area contributed by atoms with Crippen LogP contribution in [-0.2, 0) is 6.54 Å². The zero-order valence-electron chi connectivity index (χ0n) is 13.6. The Balaban J connectivity index is 1.68. The van der Waals surface area contributed by atoms with E-state index in [-0.39, 0.29) is 0 Å². The molecule has 0 aliphatic rings. The average molecular weight is 351 g/mol. The Morgan fingerprint density at radius 1 is 1.04 bits per heavy atom. The van der Waals surface area contributed by atoms with Gasteiger partial charge < -0.3 is 4.42 Å². The number of hydrogen-bond donors (Lipinski definition) is 0. The number of aromatic nitrogens is 4. The smallest absolute Gasteiger partial charge is 0.194 e. The quantitative estimate of drug-likeness (QED) is 0.504. The predicted octanol–water partition coefficient (Wildman–Crippen LogP) is 4.61. The van der Waals surface area contributed by atoms with E-state index in [9.17, 15) is 0 Å². The molecule has 0 saturated carbocycles. The van der Waals surface area contributed by atoms with Crippen molar-refractivity contribution in [3.63, 3.8) is 0 Å². The van der Waals surface area contributed by atoms with Crippen molar-refractivity contribution in [2.45, 2.75) is 13.5 Å². The second kappa shape index (κ2) is 6.53.